The van der Waals surface area contributed by atoms with Crippen molar-refractivity contribution < 1.29 is 19.1 Å². The molecule has 12 heteroatoms. The van der Waals surface area contributed by atoms with Crippen LogP contribution in [0.2, 0.25) is 0 Å². The lowest BCUT2D eigenvalue weighted by Gasteiger charge is -2.30. The zero-order valence-electron chi connectivity index (χ0n) is 31.3. The van der Waals surface area contributed by atoms with Crippen molar-refractivity contribution in [1.29, 1.82) is 0 Å². The maximum Gasteiger partial charge on any atom is 0.407 e. The van der Waals surface area contributed by atoms with Crippen LogP contribution in [0.4, 0.5) is 4.79 Å². The van der Waals surface area contributed by atoms with Crippen molar-refractivity contribution in [2.45, 2.75) is 90.8 Å². The van der Waals surface area contributed by atoms with Crippen LogP contribution in [0.1, 0.15) is 96.4 Å². The number of benzene rings is 2. The largest absolute Gasteiger partial charge is 0.453 e. The predicted molar refractivity (Wildman–Crippen MR) is 205 cm³/mol. The number of carbonyl (C=O) groups is 3. The van der Waals surface area contributed by atoms with E-state index in [-0.39, 0.29) is 29.8 Å². The summed E-state index contributed by atoms with van der Waals surface area (Å²) in [6, 6.07) is 13.8. The minimum Gasteiger partial charge on any atom is -0.453 e. The fourth-order valence-corrected chi connectivity index (χ4v) is 7.74. The summed E-state index contributed by atoms with van der Waals surface area (Å²) in [5, 5.41) is 4.94. The predicted octanol–water partition coefficient (Wildman–Crippen LogP) is 7.70. The third-order valence-electron chi connectivity index (χ3n) is 11.3. The summed E-state index contributed by atoms with van der Waals surface area (Å²) in [6.07, 6.45) is 8.93. The number of hydrogen-bond donors (Lipinski definition) is 3. The Labute approximate surface area is 310 Å². The summed E-state index contributed by atoms with van der Waals surface area (Å²) in [4.78, 5) is 64.1. The number of carbonyl (C=O) groups excluding carboxylic acids is 3. The van der Waals surface area contributed by atoms with Gasteiger partial charge in [0.15, 0.2) is 0 Å². The summed E-state index contributed by atoms with van der Waals surface area (Å²) in [6.45, 7) is 9.61. The van der Waals surface area contributed by atoms with Crippen LogP contribution >= 0.6 is 0 Å². The molecule has 0 radical (unpaired) electrons. The topological polar surface area (TPSA) is 149 Å². The van der Waals surface area contributed by atoms with Crippen LogP contribution in [-0.4, -0.2) is 78.9 Å². The minimum absolute atomic E-state index is 0.00403. The lowest BCUT2D eigenvalue weighted by Crippen LogP contribution is -2.51. The fourth-order valence-electron chi connectivity index (χ4n) is 7.74. The van der Waals surface area contributed by atoms with Gasteiger partial charge in [0.2, 0.25) is 11.8 Å². The smallest absolute Gasteiger partial charge is 0.407 e. The number of H-pyrrole nitrogens is 2. The number of ether oxygens (including phenoxy) is 1. The molecule has 3 N–H and O–H groups in total. The molecule has 0 bridgehead atoms. The lowest BCUT2D eigenvalue weighted by molar-refractivity contribution is -0.136. The second kappa shape index (κ2) is 15.4. The highest BCUT2D eigenvalue weighted by molar-refractivity contribution is 5.91. The molecule has 0 spiro atoms. The summed E-state index contributed by atoms with van der Waals surface area (Å²) in [5.41, 5.74) is 5.35. The summed E-state index contributed by atoms with van der Waals surface area (Å²) in [5.74, 6) is 2.00. The van der Waals surface area contributed by atoms with E-state index in [0.717, 1.165) is 101 Å². The number of nitrogens with zero attached hydrogens (tertiary/aromatic N) is 5. The van der Waals surface area contributed by atoms with Gasteiger partial charge in [-0.2, -0.15) is 0 Å². The van der Waals surface area contributed by atoms with E-state index in [2.05, 4.69) is 65.5 Å². The minimum atomic E-state index is -0.675. The Kier molecular flexibility index (Phi) is 10.5. The van der Waals surface area contributed by atoms with Gasteiger partial charge in [-0.3, -0.25) is 14.6 Å². The van der Waals surface area contributed by atoms with E-state index < -0.39 is 12.1 Å². The molecule has 2 aliphatic rings. The number of fused-ring (bicyclic) bond motifs is 2. The van der Waals surface area contributed by atoms with Crippen LogP contribution < -0.4 is 5.32 Å². The van der Waals surface area contributed by atoms with E-state index in [4.69, 9.17) is 19.7 Å². The average Bonchev–Trinajstić information content (AvgIpc) is 4.01. The van der Waals surface area contributed by atoms with E-state index in [1.807, 2.05) is 35.9 Å². The molecule has 2 aromatic carbocycles. The first-order valence-corrected chi connectivity index (χ1v) is 19.1. The van der Waals surface area contributed by atoms with Crippen molar-refractivity contribution >= 4 is 39.7 Å². The van der Waals surface area contributed by atoms with Gasteiger partial charge in [0.25, 0.3) is 0 Å². The Morgan fingerprint density at radius 2 is 1.57 bits per heavy atom. The van der Waals surface area contributed by atoms with Crippen molar-refractivity contribution in [3.63, 3.8) is 0 Å². The highest BCUT2D eigenvalue weighted by Gasteiger charge is 2.38. The monoisotopic (exact) mass is 718 g/mol. The van der Waals surface area contributed by atoms with E-state index in [0.29, 0.717) is 18.9 Å². The molecule has 5 heterocycles. The molecule has 2 saturated heterocycles. The molecule has 5 atom stereocenters. The van der Waals surface area contributed by atoms with Gasteiger partial charge in [-0.05, 0) is 66.5 Å². The average molecular weight is 719 g/mol. The molecular weight excluding hydrogens is 669 g/mol. The number of likely N-dealkylation sites (tertiary alicyclic amines) is 2. The Morgan fingerprint density at radius 1 is 0.868 bits per heavy atom. The van der Waals surface area contributed by atoms with Gasteiger partial charge in [0.1, 0.15) is 17.7 Å². The van der Waals surface area contributed by atoms with Gasteiger partial charge < -0.3 is 29.8 Å². The molecule has 2 fully saturated rings. The quantitative estimate of drug-likeness (QED) is 0.127. The van der Waals surface area contributed by atoms with Crippen molar-refractivity contribution in [1.82, 2.24) is 40.0 Å². The Bertz CT molecular complexity index is 2120. The Morgan fingerprint density at radius 3 is 2.28 bits per heavy atom. The van der Waals surface area contributed by atoms with Crippen LogP contribution in [0.5, 0.6) is 0 Å². The molecule has 53 heavy (non-hydrogen) atoms. The molecule has 5 aromatic rings. The second-order valence-corrected chi connectivity index (χ2v) is 14.8. The molecule has 7 rings (SSSR count). The number of alkyl carbamates (subject to hydrolysis) is 1. The zero-order valence-corrected chi connectivity index (χ0v) is 31.3. The maximum atomic E-state index is 13.8. The van der Waals surface area contributed by atoms with E-state index in [1.54, 1.807) is 6.20 Å². The molecule has 2 aliphatic heterocycles. The van der Waals surface area contributed by atoms with Gasteiger partial charge in [-0.15, -0.1) is 0 Å². The molecule has 3 aromatic heterocycles. The van der Waals surface area contributed by atoms with E-state index >= 15 is 0 Å². The fraction of sp³-hybridized carbons (Fsp3) is 0.463. The number of rotatable bonds is 11. The molecule has 12 nitrogen and oxygen atoms in total. The lowest BCUT2D eigenvalue weighted by atomic mass is 9.97. The second-order valence-electron chi connectivity index (χ2n) is 14.8. The van der Waals surface area contributed by atoms with Crippen molar-refractivity contribution in [2.24, 2.45) is 11.8 Å². The first-order valence-electron chi connectivity index (χ1n) is 19.1. The maximum absolute atomic E-state index is 13.8. The number of pyridine rings is 1. The number of imidazole rings is 2. The zero-order chi connectivity index (χ0) is 37.2. The normalized spacial score (nSPS) is 19.1. The SMILES string of the molecule is CC[C@H](C)CC(=O)N1CCC[C@H]1c1ncc(-c2ccc3cc(-c4cc5nc([C@@H]6CCCN6C(=O)[C@@H](NC(=O)OC)[C@@H](C)CC)[nH]c5cn4)ccc3c2)[nH]1. The van der Waals surface area contributed by atoms with Crippen LogP contribution in [0.25, 0.3) is 44.3 Å². The molecule has 0 unspecified atom stereocenters. The number of nitrogens with one attached hydrogen (secondary N) is 3. The van der Waals surface area contributed by atoms with Gasteiger partial charge in [-0.1, -0.05) is 64.8 Å². The number of aromatic amines is 2. The van der Waals surface area contributed by atoms with Crippen LogP contribution in [0.15, 0.2) is 54.9 Å². The van der Waals surface area contributed by atoms with Gasteiger partial charge in [0, 0.05) is 30.6 Å². The molecule has 0 saturated carbocycles. The van der Waals surface area contributed by atoms with Crippen molar-refractivity contribution in [3.8, 4) is 22.5 Å². The molecule has 278 valence electrons. The van der Waals surface area contributed by atoms with Crippen molar-refractivity contribution in [3.05, 3.63) is 66.5 Å². The molecule has 0 aliphatic carbocycles. The number of methoxy groups -OCH3 is 1. The summed E-state index contributed by atoms with van der Waals surface area (Å²) in [7, 11) is 1.30. The third-order valence-corrected chi connectivity index (χ3v) is 11.3. The number of aromatic nitrogens is 5. The number of amides is 3. The molecular formula is C41H50N8O4. The van der Waals surface area contributed by atoms with Crippen LogP contribution in [0, 0.1) is 11.8 Å². The number of hydrogen-bond acceptors (Lipinski definition) is 7. The highest BCUT2D eigenvalue weighted by Crippen LogP contribution is 2.35. The summed E-state index contributed by atoms with van der Waals surface area (Å²) < 4.78 is 4.81. The standard InChI is InChI=1S/C41H50N8O4/c1-6-24(3)18-36(50)48-16-8-10-34(48)38-43-22-32(45-38)29-15-13-26-19-28(14-12-27(26)20-29)30-21-31-33(23-42-30)46-39(44-31)35-11-9-17-49(35)40(51)37(25(4)7-2)47-41(52)53-5/h12-15,19-25,34-35,37H,6-11,16-18H2,1-5H3,(H,43,45)(H,44,46)(H,47,52)/t24-,25-,34-,35-,37-/m0/s1. The van der Waals surface area contributed by atoms with Gasteiger partial charge in [-0.25, -0.2) is 14.8 Å². The van der Waals surface area contributed by atoms with E-state index in [1.165, 1.54) is 7.11 Å². The Hall–Kier alpha value is -5.26. The van der Waals surface area contributed by atoms with Crippen LogP contribution in [0.3, 0.4) is 0 Å². The highest BCUT2D eigenvalue weighted by atomic mass is 16.5. The Balaban J connectivity index is 1.08. The summed E-state index contributed by atoms with van der Waals surface area (Å²) >= 11 is 0. The van der Waals surface area contributed by atoms with Gasteiger partial charge >= 0.3 is 6.09 Å². The first kappa shape index (κ1) is 36.1. The van der Waals surface area contributed by atoms with Gasteiger partial charge in [0.05, 0.1) is 54.0 Å². The first-order chi connectivity index (χ1) is 25.7. The van der Waals surface area contributed by atoms with Crippen molar-refractivity contribution in [2.75, 3.05) is 20.2 Å². The van der Waals surface area contributed by atoms with Crippen LogP contribution in [-0.2, 0) is 14.3 Å². The van der Waals surface area contributed by atoms with E-state index in [9.17, 15) is 14.4 Å². The third kappa shape index (κ3) is 7.36. The molecule has 3 amide bonds.